The SMILES string of the molecule is Fc1ccc(Cl)c(-c2ccc(OCC3C[C@@H]4CN(CC5CCOCC5)C[C@@H]4C3)nn2)c1. The van der Waals surface area contributed by atoms with Crippen molar-refractivity contribution in [2.75, 3.05) is 39.5 Å². The van der Waals surface area contributed by atoms with Crippen LogP contribution in [0, 0.1) is 29.5 Å². The highest BCUT2D eigenvalue weighted by atomic mass is 35.5. The van der Waals surface area contributed by atoms with Crippen LogP contribution < -0.4 is 4.74 Å². The highest BCUT2D eigenvalue weighted by molar-refractivity contribution is 6.33. The molecule has 2 aromatic rings. The Hall–Kier alpha value is -1.76. The third-order valence-electron chi connectivity index (χ3n) is 7.09. The Balaban J connectivity index is 1.09. The molecule has 3 fully saturated rings. The van der Waals surface area contributed by atoms with E-state index in [9.17, 15) is 4.39 Å². The summed E-state index contributed by atoms with van der Waals surface area (Å²) in [6.45, 7) is 6.27. The maximum Gasteiger partial charge on any atom is 0.233 e. The first kappa shape index (κ1) is 21.1. The minimum absolute atomic E-state index is 0.348. The van der Waals surface area contributed by atoms with Gasteiger partial charge in [-0.05, 0) is 73.6 Å². The van der Waals surface area contributed by atoms with Crippen molar-refractivity contribution in [2.45, 2.75) is 25.7 Å². The highest BCUT2D eigenvalue weighted by Gasteiger charge is 2.41. The average Bonchev–Trinajstić information content (AvgIpc) is 3.33. The van der Waals surface area contributed by atoms with Gasteiger partial charge in [0.05, 0.1) is 17.3 Å². The first-order valence-electron chi connectivity index (χ1n) is 11.4. The summed E-state index contributed by atoms with van der Waals surface area (Å²) in [7, 11) is 0. The van der Waals surface area contributed by atoms with E-state index in [1.165, 1.54) is 63.5 Å². The second kappa shape index (κ2) is 9.39. The lowest BCUT2D eigenvalue weighted by molar-refractivity contribution is 0.0542. The van der Waals surface area contributed by atoms with Gasteiger partial charge in [-0.2, -0.15) is 0 Å². The Morgan fingerprint density at radius 2 is 1.81 bits per heavy atom. The van der Waals surface area contributed by atoms with E-state index in [-0.39, 0.29) is 5.82 Å². The molecule has 2 aliphatic heterocycles. The van der Waals surface area contributed by atoms with Gasteiger partial charge in [-0.1, -0.05) is 11.6 Å². The molecule has 5 rings (SSSR count). The van der Waals surface area contributed by atoms with Crippen LogP contribution in [0.25, 0.3) is 11.3 Å². The van der Waals surface area contributed by atoms with Gasteiger partial charge in [0.15, 0.2) is 0 Å². The molecule has 1 aromatic heterocycles. The van der Waals surface area contributed by atoms with E-state index in [2.05, 4.69) is 15.1 Å². The van der Waals surface area contributed by atoms with Gasteiger partial charge in [-0.15, -0.1) is 10.2 Å². The Labute approximate surface area is 187 Å². The van der Waals surface area contributed by atoms with Crippen LogP contribution in [0.5, 0.6) is 5.88 Å². The molecule has 3 aliphatic rings. The van der Waals surface area contributed by atoms with E-state index in [0.29, 0.717) is 34.7 Å². The molecule has 1 aliphatic carbocycles. The maximum atomic E-state index is 13.5. The first-order valence-corrected chi connectivity index (χ1v) is 11.7. The molecule has 0 radical (unpaired) electrons. The van der Waals surface area contributed by atoms with Gasteiger partial charge in [0, 0.05) is 44.5 Å². The molecule has 0 bridgehead atoms. The van der Waals surface area contributed by atoms with E-state index >= 15 is 0 Å². The van der Waals surface area contributed by atoms with E-state index in [0.717, 1.165) is 31.0 Å². The molecule has 0 amide bonds. The molecule has 1 saturated carbocycles. The largest absolute Gasteiger partial charge is 0.476 e. The first-order chi connectivity index (χ1) is 15.1. The fraction of sp³-hybridized carbons (Fsp3) is 0.583. The van der Waals surface area contributed by atoms with Crippen molar-refractivity contribution in [3.8, 4) is 17.1 Å². The Morgan fingerprint density at radius 1 is 1.03 bits per heavy atom. The molecule has 7 heteroatoms. The van der Waals surface area contributed by atoms with Crippen LogP contribution in [0.15, 0.2) is 30.3 Å². The second-order valence-corrected chi connectivity index (χ2v) is 9.73. The average molecular weight is 446 g/mol. The van der Waals surface area contributed by atoms with Crippen LogP contribution in [-0.4, -0.2) is 54.6 Å². The summed E-state index contributed by atoms with van der Waals surface area (Å²) >= 11 is 6.15. The van der Waals surface area contributed by atoms with E-state index < -0.39 is 0 Å². The molecular weight excluding hydrogens is 417 g/mol. The van der Waals surface area contributed by atoms with Crippen molar-refractivity contribution in [3.05, 3.63) is 41.2 Å². The standard InChI is InChI=1S/C24H29ClFN3O2/c25-22-2-1-20(26)11-21(22)23-3-4-24(28-27-23)31-15-17-9-18-13-29(14-19(18)10-17)12-16-5-7-30-8-6-16/h1-4,11,16-19H,5-10,12-15H2/t17?,18-,19+. The highest BCUT2D eigenvalue weighted by Crippen LogP contribution is 2.42. The molecule has 0 N–H and O–H groups in total. The lowest BCUT2D eigenvalue weighted by Crippen LogP contribution is -2.32. The zero-order valence-electron chi connectivity index (χ0n) is 17.7. The minimum Gasteiger partial charge on any atom is -0.476 e. The van der Waals surface area contributed by atoms with Crippen LogP contribution in [-0.2, 0) is 4.74 Å². The van der Waals surface area contributed by atoms with Gasteiger partial charge in [0.25, 0.3) is 0 Å². The molecule has 166 valence electrons. The number of benzene rings is 1. The third-order valence-corrected chi connectivity index (χ3v) is 7.42. The van der Waals surface area contributed by atoms with Crippen molar-refractivity contribution in [2.24, 2.45) is 23.7 Å². The zero-order valence-corrected chi connectivity index (χ0v) is 18.4. The fourth-order valence-corrected chi connectivity index (χ4v) is 5.75. The smallest absolute Gasteiger partial charge is 0.233 e. The summed E-state index contributed by atoms with van der Waals surface area (Å²) in [5.41, 5.74) is 1.08. The van der Waals surface area contributed by atoms with Crippen molar-refractivity contribution in [3.63, 3.8) is 0 Å². The van der Waals surface area contributed by atoms with Gasteiger partial charge in [-0.25, -0.2) is 4.39 Å². The van der Waals surface area contributed by atoms with Crippen LogP contribution in [0.1, 0.15) is 25.7 Å². The van der Waals surface area contributed by atoms with Gasteiger partial charge >= 0.3 is 0 Å². The maximum absolute atomic E-state index is 13.5. The minimum atomic E-state index is -0.348. The van der Waals surface area contributed by atoms with Gasteiger partial charge < -0.3 is 14.4 Å². The van der Waals surface area contributed by atoms with Crippen LogP contribution in [0.2, 0.25) is 5.02 Å². The van der Waals surface area contributed by atoms with E-state index in [4.69, 9.17) is 21.1 Å². The number of likely N-dealkylation sites (tertiary alicyclic amines) is 1. The topological polar surface area (TPSA) is 47.5 Å². The molecule has 31 heavy (non-hydrogen) atoms. The Bertz CT molecular complexity index is 877. The van der Waals surface area contributed by atoms with E-state index in [1.807, 2.05) is 0 Å². The number of nitrogens with zero attached hydrogens (tertiary/aromatic N) is 3. The predicted molar refractivity (Wildman–Crippen MR) is 118 cm³/mol. The lowest BCUT2D eigenvalue weighted by Gasteiger charge is -2.27. The molecule has 5 nitrogen and oxygen atoms in total. The third kappa shape index (κ3) is 5.02. The normalized spacial score (nSPS) is 26.8. The molecule has 2 saturated heterocycles. The summed E-state index contributed by atoms with van der Waals surface area (Å²) in [6, 6.07) is 7.79. The predicted octanol–water partition coefficient (Wildman–Crippen LogP) is 4.70. The quantitative estimate of drug-likeness (QED) is 0.645. The van der Waals surface area contributed by atoms with Gasteiger partial charge in [0.2, 0.25) is 5.88 Å². The Morgan fingerprint density at radius 3 is 2.52 bits per heavy atom. The number of fused-ring (bicyclic) bond motifs is 1. The summed E-state index contributed by atoms with van der Waals surface area (Å²) in [4.78, 5) is 2.68. The summed E-state index contributed by atoms with van der Waals surface area (Å²) in [6.07, 6.45) is 4.90. The summed E-state index contributed by atoms with van der Waals surface area (Å²) < 4.78 is 24.9. The van der Waals surface area contributed by atoms with E-state index in [1.54, 1.807) is 12.1 Å². The number of hydrogen-bond donors (Lipinski definition) is 0. The van der Waals surface area contributed by atoms with Crippen molar-refractivity contribution in [1.82, 2.24) is 15.1 Å². The van der Waals surface area contributed by atoms with Crippen LogP contribution in [0.4, 0.5) is 4.39 Å². The lowest BCUT2D eigenvalue weighted by atomic mass is 9.99. The molecule has 3 atom stereocenters. The number of aromatic nitrogens is 2. The van der Waals surface area contributed by atoms with Crippen molar-refractivity contribution in [1.29, 1.82) is 0 Å². The Kier molecular flexibility index (Phi) is 6.39. The number of hydrogen-bond acceptors (Lipinski definition) is 5. The second-order valence-electron chi connectivity index (χ2n) is 9.32. The number of halogens is 2. The van der Waals surface area contributed by atoms with Gasteiger partial charge in [-0.3, -0.25) is 0 Å². The number of ether oxygens (including phenoxy) is 2. The van der Waals surface area contributed by atoms with Crippen LogP contribution >= 0.6 is 11.6 Å². The monoisotopic (exact) mass is 445 g/mol. The fourth-order valence-electron chi connectivity index (χ4n) is 5.54. The number of rotatable bonds is 6. The molecule has 1 aromatic carbocycles. The zero-order chi connectivity index (χ0) is 21.2. The molecule has 3 heterocycles. The van der Waals surface area contributed by atoms with Crippen LogP contribution in [0.3, 0.4) is 0 Å². The molecular formula is C24H29ClFN3O2. The summed E-state index contributed by atoms with van der Waals surface area (Å²) in [5, 5.41) is 8.79. The summed E-state index contributed by atoms with van der Waals surface area (Å²) in [5.74, 6) is 3.16. The van der Waals surface area contributed by atoms with Crippen molar-refractivity contribution >= 4 is 11.6 Å². The van der Waals surface area contributed by atoms with Crippen molar-refractivity contribution < 1.29 is 13.9 Å². The molecule has 0 spiro atoms. The molecule has 1 unspecified atom stereocenters. The van der Waals surface area contributed by atoms with Gasteiger partial charge in [0.1, 0.15) is 5.82 Å².